The monoisotopic (exact) mass is 468 g/mol. The van der Waals surface area contributed by atoms with Crippen molar-refractivity contribution >= 4 is 11.4 Å². The zero-order valence-electron chi connectivity index (χ0n) is 19.4. The molecule has 0 radical (unpaired) electrons. The van der Waals surface area contributed by atoms with Gasteiger partial charge in [0.1, 0.15) is 24.0 Å². The lowest BCUT2D eigenvalue weighted by Gasteiger charge is -2.33. The second-order valence-corrected chi connectivity index (χ2v) is 8.48. The smallest absolute Gasteiger partial charge is 0.299 e. The second-order valence-electron chi connectivity index (χ2n) is 8.48. The average Bonchev–Trinajstić information content (AvgIpc) is 3.28. The number of aromatic nitrogens is 3. The number of hydrogen-bond acceptors (Lipinski definition) is 4. The molecule has 1 saturated heterocycles. The first-order valence-electron chi connectivity index (χ1n) is 11.7. The number of ether oxygens (including phenoxy) is 1. The lowest BCUT2D eigenvalue weighted by Crippen LogP contribution is -2.38. The minimum atomic E-state index is -0.280. The number of hydrogen-bond donors (Lipinski definition) is 0. The van der Waals surface area contributed by atoms with Crippen molar-refractivity contribution in [3.05, 3.63) is 84.3 Å². The third-order valence-corrected chi connectivity index (χ3v) is 6.19. The first-order chi connectivity index (χ1) is 17.1. The number of carbonyl (C=O) groups is 1. The molecule has 6 nitrogen and oxygen atoms in total. The van der Waals surface area contributed by atoms with Crippen LogP contribution in [0.1, 0.15) is 43.6 Å². The van der Waals surface area contributed by atoms with E-state index in [1.54, 1.807) is 25.4 Å². The zero-order chi connectivity index (χ0) is 24.2. The Balaban J connectivity index is 1.44. The Labute approximate surface area is 203 Å². The molecule has 1 amide bonds. The molecule has 1 aliphatic heterocycles. The predicted octanol–water partition coefficient (Wildman–Crippen LogP) is 5.19. The maximum Gasteiger partial charge on any atom is 0.299 e. The number of fused-ring (bicyclic) bond motifs is 1. The number of likely N-dealkylation sites (tertiary alicyclic amines) is 1. The standard InChI is InChI=1S/C28H25FN4O2/c1-2-6-26(34)32-15-4-3-9-24(32)28-31-27(25-18-30-14-16-33(25)28)21-10-12-23(13-11-21)35-19-20-7-5-8-22(29)17-20/h5,7-8,10-14,16-18,24H,3-4,9,15,19H2,1H3. The Kier molecular flexibility index (Phi) is 6.44. The highest BCUT2D eigenvalue weighted by Gasteiger charge is 2.31. The normalized spacial score (nSPS) is 15.5. The number of imidazole rings is 1. The van der Waals surface area contributed by atoms with Gasteiger partial charge in [-0.3, -0.25) is 14.2 Å². The summed E-state index contributed by atoms with van der Waals surface area (Å²) >= 11 is 0. The Morgan fingerprint density at radius 2 is 2.06 bits per heavy atom. The molecule has 2 aromatic heterocycles. The molecule has 176 valence electrons. The molecule has 5 rings (SSSR count). The molecule has 0 bridgehead atoms. The molecule has 7 heteroatoms. The first kappa shape index (κ1) is 22.6. The van der Waals surface area contributed by atoms with Crippen molar-refractivity contribution in [3.8, 4) is 28.8 Å². The van der Waals surface area contributed by atoms with Crippen molar-refractivity contribution in [2.75, 3.05) is 6.54 Å². The van der Waals surface area contributed by atoms with Crippen LogP contribution in [0.4, 0.5) is 4.39 Å². The summed E-state index contributed by atoms with van der Waals surface area (Å²) in [5, 5.41) is 0. The van der Waals surface area contributed by atoms with Crippen LogP contribution in [0.3, 0.4) is 0 Å². The Hall–Kier alpha value is -4.18. The van der Waals surface area contributed by atoms with Crippen molar-refractivity contribution in [3.63, 3.8) is 0 Å². The molecule has 2 aromatic carbocycles. The summed E-state index contributed by atoms with van der Waals surface area (Å²) in [5.41, 5.74) is 3.35. The second kappa shape index (κ2) is 9.98. The van der Waals surface area contributed by atoms with Crippen LogP contribution in [0.25, 0.3) is 16.8 Å². The fourth-order valence-electron chi connectivity index (χ4n) is 4.53. The van der Waals surface area contributed by atoms with E-state index in [4.69, 9.17) is 9.72 Å². The highest BCUT2D eigenvalue weighted by Crippen LogP contribution is 2.34. The van der Waals surface area contributed by atoms with Gasteiger partial charge in [-0.25, -0.2) is 9.37 Å². The third-order valence-electron chi connectivity index (χ3n) is 6.19. The molecule has 0 spiro atoms. The Bertz CT molecular complexity index is 1420. The van der Waals surface area contributed by atoms with Gasteiger partial charge >= 0.3 is 0 Å². The Morgan fingerprint density at radius 3 is 2.86 bits per heavy atom. The SMILES string of the molecule is CC#CC(=O)N1CCCCC1c1nc(-c2ccc(OCc3cccc(F)c3)cc2)c2cnccn12. The fraction of sp³-hybridized carbons (Fsp3) is 0.250. The maximum absolute atomic E-state index is 13.4. The van der Waals surface area contributed by atoms with Crippen LogP contribution in [-0.2, 0) is 11.4 Å². The van der Waals surface area contributed by atoms with Crippen molar-refractivity contribution < 1.29 is 13.9 Å². The highest BCUT2D eigenvalue weighted by molar-refractivity contribution is 5.93. The summed E-state index contributed by atoms with van der Waals surface area (Å²) in [6.07, 6.45) is 8.24. The van der Waals surface area contributed by atoms with Gasteiger partial charge in [0, 0.05) is 24.5 Å². The van der Waals surface area contributed by atoms with Crippen LogP contribution in [0.2, 0.25) is 0 Å². The van der Waals surface area contributed by atoms with E-state index in [1.165, 1.54) is 12.1 Å². The molecule has 0 aliphatic carbocycles. The topological polar surface area (TPSA) is 59.7 Å². The highest BCUT2D eigenvalue weighted by atomic mass is 19.1. The van der Waals surface area contributed by atoms with Crippen LogP contribution < -0.4 is 4.74 Å². The van der Waals surface area contributed by atoms with Gasteiger partial charge < -0.3 is 9.64 Å². The maximum atomic E-state index is 13.4. The number of carbonyl (C=O) groups excluding carboxylic acids is 1. The quantitative estimate of drug-likeness (QED) is 0.378. The van der Waals surface area contributed by atoms with Gasteiger partial charge in [-0.05, 0) is 74.1 Å². The summed E-state index contributed by atoms with van der Waals surface area (Å²) < 4.78 is 21.3. The zero-order valence-corrected chi connectivity index (χ0v) is 19.4. The summed E-state index contributed by atoms with van der Waals surface area (Å²) in [6, 6.07) is 13.9. The number of rotatable bonds is 5. The van der Waals surface area contributed by atoms with E-state index in [2.05, 4.69) is 16.8 Å². The van der Waals surface area contributed by atoms with Gasteiger partial charge in [0.2, 0.25) is 0 Å². The van der Waals surface area contributed by atoms with E-state index in [0.717, 1.165) is 47.4 Å². The van der Waals surface area contributed by atoms with E-state index in [-0.39, 0.29) is 24.4 Å². The van der Waals surface area contributed by atoms with Crippen molar-refractivity contribution in [1.82, 2.24) is 19.3 Å². The number of benzene rings is 2. The minimum Gasteiger partial charge on any atom is -0.489 e. The van der Waals surface area contributed by atoms with Crippen molar-refractivity contribution in [2.24, 2.45) is 0 Å². The molecule has 1 aliphatic rings. The van der Waals surface area contributed by atoms with E-state index in [0.29, 0.717) is 12.3 Å². The summed E-state index contributed by atoms with van der Waals surface area (Å²) in [7, 11) is 0. The minimum absolute atomic E-state index is 0.144. The molecule has 0 saturated carbocycles. The molecule has 4 aromatic rings. The largest absolute Gasteiger partial charge is 0.489 e. The molecule has 3 heterocycles. The molecular weight excluding hydrogens is 443 g/mol. The molecular formula is C28H25FN4O2. The van der Waals surface area contributed by atoms with E-state index in [9.17, 15) is 9.18 Å². The van der Waals surface area contributed by atoms with E-state index in [1.807, 2.05) is 45.8 Å². The van der Waals surface area contributed by atoms with Crippen molar-refractivity contribution in [2.45, 2.75) is 38.8 Å². The van der Waals surface area contributed by atoms with Gasteiger partial charge in [-0.15, -0.1) is 0 Å². The average molecular weight is 469 g/mol. The summed E-state index contributed by atoms with van der Waals surface area (Å²) in [4.78, 5) is 23.8. The molecule has 1 unspecified atom stereocenters. The lowest BCUT2D eigenvalue weighted by atomic mass is 10.0. The van der Waals surface area contributed by atoms with Gasteiger partial charge in [-0.1, -0.05) is 18.1 Å². The third kappa shape index (κ3) is 4.73. The summed E-state index contributed by atoms with van der Waals surface area (Å²) in [6.45, 7) is 2.63. The number of halogens is 1. The first-order valence-corrected chi connectivity index (χ1v) is 11.7. The van der Waals surface area contributed by atoms with Crippen LogP contribution in [0, 0.1) is 17.7 Å². The lowest BCUT2D eigenvalue weighted by molar-refractivity contribution is -0.129. The van der Waals surface area contributed by atoms with Gasteiger partial charge in [-0.2, -0.15) is 0 Å². The van der Waals surface area contributed by atoms with Crippen LogP contribution in [0.15, 0.2) is 67.1 Å². The van der Waals surface area contributed by atoms with Crippen LogP contribution in [0.5, 0.6) is 5.75 Å². The van der Waals surface area contributed by atoms with Gasteiger partial charge in [0.25, 0.3) is 5.91 Å². The van der Waals surface area contributed by atoms with E-state index >= 15 is 0 Å². The fourth-order valence-corrected chi connectivity index (χ4v) is 4.53. The van der Waals surface area contributed by atoms with Crippen molar-refractivity contribution in [1.29, 1.82) is 0 Å². The number of piperidine rings is 1. The van der Waals surface area contributed by atoms with Crippen LogP contribution in [-0.4, -0.2) is 31.7 Å². The van der Waals surface area contributed by atoms with Gasteiger partial charge in [0.15, 0.2) is 0 Å². The van der Waals surface area contributed by atoms with Crippen LogP contribution >= 0.6 is 0 Å². The Morgan fingerprint density at radius 1 is 1.20 bits per heavy atom. The predicted molar refractivity (Wildman–Crippen MR) is 131 cm³/mol. The molecule has 1 atom stereocenters. The molecule has 0 N–H and O–H groups in total. The number of nitrogens with zero attached hydrogens (tertiary/aromatic N) is 4. The van der Waals surface area contributed by atoms with E-state index < -0.39 is 0 Å². The molecule has 1 fully saturated rings. The number of amides is 1. The molecule has 35 heavy (non-hydrogen) atoms. The summed E-state index contributed by atoms with van der Waals surface area (Å²) in [5.74, 6) is 6.47. The van der Waals surface area contributed by atoms with Gasteiger partial charge in [0.05, 0.1) is 23.4 Å².